The summed E-state index contributed by atoms with van der Waals surface area (Å²) in [6.07, 6.45) is 0. The summed E-state index contributed by atoms with van der Waals surface area (Å²) in [6.45, 7) is 13.8. The highest BCUT2D eigenvalue weighted by molar-refractivity contribution is 7.64. The Kier molecular flexibility index (Phi) is 2.08. The first-order valence-electron chi connectivity index (χ1n) is 5.14. The van der Waals surface area contributed by atoms with Gasteiger partial charge in [-0.05, 0) is 38.8 Å². The molecule has 2 rings (SSSR count). The van der Waals surface area contributed by atoms with E-state index in [-0.39, 0.29) is 7.55 Å². The third kappa shape index (κ3) is 0.982. The van der Waals surface area contributed by atoms with Crippen molar-refractivity contribution >= 4 is 12.8 Å². The van der Waals surface area contributed by atoms with Crippen molar-refractivity contribution < 1.29 is 0 Å². The fourth-order valence-electron chi connectivity index (χ4n) is 2.49. The molecule has 0 bridgehead atoms. The van der Waals surface area contributed by atoms with E-state index in [0.717, 1.165) is 0 Å². The zero-order valence-electron chi connectivity index (χ0n) is 9.95. The molecular weight excluding hydrogens is 187 g/mol. The van der Waals surface area contributed by atoms with Gasteiger partial charge in [0.25, 0.3) is 0 Å². The van der Waals surface area contributed by atoms with Gasteiger partial charge in [0.2, 0.25) is 0 Å². The molecule has 74 valence electrons. The Labute approximate surface area is 87.8 Å². The molecule has 0 fully saturated rings. The summed E-state index contributed by atoms with van der Waals surface area (Å²) in [6, 6.07) is 0. The molecule has 0 saturated heterocycles. The minimum Gasteiger partial charge on any atom is -0.0401 e. The maximum absolute atomic E-state index is 2.39. The van der Waals surface area contributed by atoms with Crippen molar-refractivity contribution in [3.8, 4) is 0 Å². The fourth-order valence-corrected chi connectivity index (χ4v) is 4.78. The van der Waals surface area contributed by atoms with Crippen molar-refractivity contribution in [3.63, 3.8) is 0 Å². The number of hydrogen-bond donors (Lipinski definition) is 0. The molecule has 1 aliphatic heterocycles. The first-order chi connectivity index (χ1) is 6.46. The summed E-state index contributed by atoms with van der Waals surface area (Å²) < 4.78 is 0. The molecule has 1 unspecified atom stereocenters. The van der Waals surface area contributed by atoms with E-state index >= 15 is 0 Å². The van der Waals surface area contributed by atoms with Crippen LogP contribution in [0.1, 0.15) is 34.6 Å². The summed E-state index contributed by atoms with van der Waals surface area (Å²) >= 11 is 0. The average molecular weight is 205 g/mol. The Morgan fingerprint density at radius 3 is 1.79 bits per heavy atom. The van der Waals surface area contributed by atoms with Crippen LogP contribution in [-0.4, -0.2) is 12.0 Å². The Bertz CT molecular complexity index is 410. The summed E-state index contributed by atoms with van der Waals surface area (Å²) in [5.41, 5.74) is 7.69. The maximum Gasteiger partial charge on any atom is 0.159 e. The molecule has 0 amide bonds. The maximum atomic E-state index is 2.39. The molecule has 14 heavy (non-hydrogen) atoms. The lowest BCUT2D eigenvalue weighted by molar-refractivity contribution is 1.30. The Morgan fingerprint density at radius 1 is 0.714 bits per heavy atom. The summed E-state index contributed by atoms with van der Waals surface area (Å²) in [7, 11) is -0.0180. The van der Waals surface area contributed by atoms with Gasteiger partial charge >= 0.3 is 0 Å². The number of allylic oxidation sites excluding steroid dienone is 6. The van der Waals surface area contributed by atoms with E-state index in [1.807, 2.05) is 0 Å². The monoisotopic (exact) mass is 205 g/mol. The van der Waals surface area contributed by atoms with Crippen molar-refractivity contribution in [1.82, 2.24) is 0 Å². The fraction of sp³-hybridized carbons (Fsp3) is 0.462. The van der Waals surface area contributed by atoms with Crippen molar-refractivity contribution in [1.29, 1.82) is 0 Å². The van der Waals surface area contributed by atoms with Gasteiger partial charge in [-0.2, -0.15) is 0 Å². The second-order valence-electron chi connectivity index (χ2n) is 4.37. The van der Waals surface area contributed by atoms with Crippen LogP contribution in [0.15, 0.2) is 33.2 Å². The van der Waals surface area contributed by atoms with Gasteiger partial charge in [0.1, 0.15) is 19.5 Å². The van der Waals surface area contributed by atoms with Gasteiger partial charge in [0.15, 0.2) is 5.29 Å². The first kappa shape index (κ1) is 9.93. The van der Waals surface area contributed by atoms with Gasteiger partial charge in [0.05, 0.1) is 0 Å². The third-order valence-corrected chi connectivity index (χ3v) is 6.42. The third-order valence-electron chi connectivity index (χ3n) is 3.85. The molecule has 1 heteroatoms. The Morgan fingerprint density at radius 2 is 1.29 bits per heavy atom. The van der Waals surface area contributed by atoms with Gasteiger partial charge in [-0.15, -0.1) is 0 Å². The molecule has 2 aliphatic rings. The van der Waals surface area contributed by atoms with Gasteiger partial charge < -0.3 is 0 Å². The number of fused-ring (bicyclic) bond motifs is 1. The van der Waals surface area contributed by atoms with Crippen molar-refractivity contribution in [2.45, 2.75) is 34.6 Å². The summed E-state index contributed by atoms with van der Waals surface area (Å²) in [5.74, 6) is 0. The predicted octanol–water partition coefficient (Wildman–Crippen LogP) is 4.24. The van der Waals surface area contributed by atoms with Crippen molar-refractivity contribution in [3.05, 3.63) is 33.2 Å². The van der Waals surface area contributed by atoms with E-state index in [1.165, 1.54) is 11.1 Å². The normalized spacial score (nSPS) is 24.4. The van der Waals surface area contributed by atoms with Gasteiger partial charge in [0, 0.05) is 23.6 Å². The Balaban J connectivity index is 2.76. The standard InChI is InChI=1S/C13H18P/c1-7-8(2)12-10(4)11(5)14(6)13(12)9(7)3/h1-6H3/q+1. The van der Waals surface area contributed by atoms with Crippen LogP contribution in [0.4, 0.5) is 0 Å². The molecule has 0 saturated carbocycles. The smallest absolute Gasteiger partial charge is 0.0401 e. The lowest BCUT2D eigenvalue weighted by Gasteiger charge is -1.98. The van der Waals surface area contributed by atoms with Crippen LogP contribution in [-0.2, 0) is 0 Å². The molecule has 1 heterocycles. The van der Waals surface area contributed by atoms with Gasteiger partial charge in [-0.1, -0.05) is 0 Å². The lowest BCUT2D eigenvalue weighted by Crippen LogP contribution is -1.96. The molecule has 1 atom stereocenters. The van der Waals surface area contributed by atoms with Crippen LogP contribution in [0, 0.1) is 0 Å². The minimum absolute atomic E-state index is 0.0180. The molecule has 0 spiro atoms. The summed E-state index contributed by atoms with van der Waals surface area (Å²) in [5, 5.41) is 3.28. The second-order valence-corrected chi connectivity index (χ2v) is 6.60. The van der Waals surface area contributed by atoms with Crippen LogP contribution in [0.5, 0.6) is 0 Å². The van der Waals surface area contributed by atoms with Gasteiger partial charge in [-0.25, -0.2) is 0 Å². The van der Waals surface area contributed by atoms with E-state index in [4.69, 9.17) is 0 Å². The molecular formula is C13H18P+. The molecule has 0 radical (unpaired) electrons. The molecule has 0 nitrogen and oxygen atoms in total. The zero-order chi connectivity index (χ0) is 10.6. The van der Waals surface area contributed by atoms with Crippen LogP contribution in [0.2, 0.25) is 0 Å². The molecule has 0 aromatic rings. The zero-order valence-corrected chi connectivity index (χ0v) is 10.8. The van der Waals surface area contributed by atoms with E-state index in [2.05, 4.69) is 41.3 Å². The first-order valence-corrected chi connectivity index (χ1v) is 6.93. The molecule has 0 N–H and O–H groups in total. The summed E-state index contributed by atoms with van der Waals surface area (Å²) in [4.78, 5) is 0. The van der Waals surface area contributed by atoms with E-state index in [0.29, 0.717) is 0 Å². The highest BCUT2D eigenvalue weighted by Gasteiger charge is 2.38. The topological polar surface area (TPSA) is 0 Å². The van der Waals surface area contributed by atoms with E-state index < -0.39 is 0 Å². The number of rotatable bonds is 0. The van der Waals surface area contributed by atoms with Crippen molar-refractivity contribution in [2.24, 2.45) is 0 Å². The minimum atomic E-state index is -0.0180. The van der Waals surface area contributed by atoms with Crippen molar-refractivity contribution in [2.75, 3.05) is 6.66 Å². The highest BCUT2D eigenvalue weighted by atomic mass is 31.1. The van der Waals surface area contributed by atoms with Crippen LogP contribution in [0.25, 0.3) is 0 Å². The predicted molar refractivity (Wildman–Crippen MR) is 67.3 cm³/mol. The van der Waals surface area contributed by atoms with Crippen LogP contribution in [0.3, 0.4) is 0 Å². The van der Waals surface area contributed by atoms with Crippen LogP contribution < -0.4 is 0 Å². The van der Waals surface area contributed by atoms with Crippen LogP contribution >= 0.6 is 7.55 Å². The lowest BCUT2D eigenvalue weighted by atomic mass is 10.0. The average Bonchev–Trinajstić information content (AvgIpc) is 2.51. The van der Waals surface area contributed by atoms with E-state index in [9.17, 15) is 0 Å². The van der Waals surface area contributed by atoms with E-state index in [1.54, 1.807) is 27.3 Å². The largest absolute Gasteiger partial charge is 0.159 e. The molecule has 1 aliphatic carbocycles. The number of hydrogen-bond acceptors (Lipinski definition) is 0. The second kappa shape index (κ2) is 2.94. The highest BCUT2D eigenvalue weighted by Crippen LogP contribution is 2.51. The Hall–Kier alpha value is -0.610. The van der Waals surface area contributed by atoms with Gasteiger partial charge in [-0.3, -0.25) is 0 Å². The molecule has 0 aromatic heterocycles. The quantitative estimate of drug-likeness (QED) is 0.519. The SMILES string of the molecule is CC1=C(C)C2=[P+](C)C(C)=C(C)C2=C1C. The molecule has 0 aromatic carbocycles.